The van der Waals surface area contributed by atoms with Crippen molar-refractivity contribution in [3.05, 3.63) is 71.8 Å². The maximum atomic E-state index is 12.6. The summed E-state index contributed by atoms with van der Waals surface area (Å²) >= 11 is 0. The second kappa shape index (κ2) is 10.8. The van der Waals surface area contributed by atoms with Crippen molar-refractivity contribution in [1.29, 1.82) is 0 Å². The summed E-state index contributed by atoms with van der Waals surface area (Å²) in [7, 11) is 1.83. The van der Waals surface area contributed by atoms with Gasteiger partial charge in [-0.3, -0.25) is 19.3 Å². The van der Waals surface area contributed by atoms with Gasteiger partial charge in [0, 0.05) is 55.3 Å². The first kappa shape index (κ1) is 21.8. The van der Waals surface area contributed by atoms with Crippen LogP contribution >= 0.6 is 0 Å². The number of aromatic nitrogens is 3. The van der Waals surface area contributed by atoms with E-state index >= 15 is 0 Å². The molecule has 0 spiro atoms. The molecule has 3 aromatic rings. The summed E-state index contributed by atoms with van der Waals surface area (Å²) in [4.78, 5) is 27.0. The minimum atomic E-state index is -0.250. The van der Waals surface area contributed by atoms with Crippen LogP contribution in [0.5, 0.6) is 0 Å². The normalized spacial score (nSPS) is 10.0. The van der Waals surface area contributed by atoms with Gasteiger partial charge in [-0.15, -0.1) is 0 Å². The number of amides is 1. The molecule has 0 radical (unpaired) electrons. The lowest BCUT2D eigenvalue weighted by molar-refractivity contribution is -0.122. The third-order valence-corrected chi connectivity index (χ3v) is 4.62. The van der Waals surface area contributed by atoms with E-state index in [0.717, 1.165) is 35.5 Å². The Balaban J connectivity index is 0.000000941. The maximum absolute atomic E-state index is 12.6. The summed E-state index contributed by atoms with van der Waals surface area (Å²) in [5.74, 6) is 0.0217. The van der Waals surface area contributed by atoms with E-state index in [0.29, 0.717) is 12.1 Å². The molecule has 0 unspecified atom stereocenters. The Morgan fingerprint density at radius 3 is 2.45 bits per heavy atom. The second-order valence-corrected chi connectivity index (χ2v) is 6.44. The number of carboxylic acid groups (broad SMARTS) is 1. The van der Waals surface area contributed by atoms with Gasteiger partial charge in [-0.05, 0) is 43.7 Å². The molecule has 7 nitrogen and oxygen atoms in total. The number of likely N-dealkylation sites (N-methyl/N-ethyl adjacent to an activating group) is 1. The maximum Gasteiger partial charge on any atom is 0.290 e. The lowest BCUT2D eigenvalue weighted by atomic mass is 10.0. The molecule has 0 saturated carbocycles. The first-order valence-corrected chi connectivity index (χ1v) is 9.37. The Kier molecular flexibility index (Phi) is 8.09. The van der Waals surface area contributed by atoms with Crippen molar-refractivity contribution in [2.75, 3.05) is 13.6 Å². The fourth-order valence-electron chi connectivity index (χ4n) is 2.99. The van der Waals surface area contributed by atoms with Gasteiger partial charge in [0.2, 0.25) is 0 Å². The highest BCUT2D eigenvalue weighted by atomic mass is 16.3. The molecule has 0 saturated heterocycles. The lowest BCUT2D eigenvalue weighted by Crippen LogP contribution is -2.28. The zero-order chi connectivity index (χ0) is 21.2. The van der Waals surface area contributed by atoms with Gasteiger partial charge in [-0.1, -0.05) is 18.2 Å². The van der Waals surface area contributed by atoms with E-state index in [2.05, 4.69) is 23.9 Å². The molecular formula is C22H26N4O3. The number of hydrogen-bond acceptors (Lipinski definition) is 4. The molecule has 7 heteroatoms. The van der Waals surface area contributed by atoms with Crippen molar-refractivity contribution in [3.8, 4) is 11.1 Å². The zero-order valence-electron chi connectivity index (χ0n) is 16.9. The summed E-state index contributed by atoms with van der Waals surface area (Å²) in [6.45, 7) is 5.38. The largest absolute Gasteiger partial charge is 0.483 e. The van der Waals surface area contributed by atoms with Crippen LogP contribution in [0.3, 0.4) is 0 Å². The highest BCUT2D eigenvalue weighted by molar-refractivity contribution is 5.94. The van der Waals surface area contributed by atoms with Crippen molar-refractivity contribution < 1.29 is 14.7 Å². The van der Waals surface area contributed by atoms with Gasteiger partial charge in [-0.2, -0.15) is 5.10 Å². The minimum absolute atomic E-state index is 0.0217. The Morgan fingerprint density at radius 2 is 1.90 bits per heavy atom. The Morgan fingerprint density at radius 1 is 1.21 bits per heavy atom. The van der Waals surface area contributed by atoms with Gasteiger partial charge in [-0.25, -0.2) is 0 Å². The van der Waals surface area contributed by atoms with Gasteiger partial charge in [0.15, 0.2) is 0 Å². The van der Waals surface area contributed by atoms with E-state index in [4.69, 9.17) is 9.90 Å². The quantitative estimate of drug-likeness (QED) is 0.648. The second-order valence-electron chi connectivity index (χ2n) is 6.44. The molecular weight excluding hydrogens is 368 g/mol. The van der Waals surface area contributed by atoms with Gasteiger partial charge in [0.05, 0.1) is 6.20 Å². The standard InChI is InChI=1S/C21H24N4O.CH2O2/c1-4-25-16(2)20(15-23-25)17-8-10-18(11-9-17)21(26)24(3)14-12-19-7-5-6-13-22-19;2-1-3/h5-11,13,15H,4,12,14H2,1-3H3;1H,(H,2,3). The van der Waals surface area contributed by atoms with E-state index in [1.807, 2.05) is 60.4 Å². The number of carbonyl (C=O) groups is 2. The minimum Gasteiger partial charge on any atom is -0.483 e. The third-order valence-electron chi connectivity index (χ3n) is 4.62. The molecule has 3 rings (SSSR count). The summed E-state index contributed by atoms with van der Waals surface area (Å²) in [6.07, 6.45) is 4.41. The van der Waals surface area contributed by atoms with Crippen LogP contribution in [0.15, 0.2) is 54.9 Å². The topological polar surface area (TPSA) is 88.3 Å². The molecule has 1 N–H and O–H groups in total. The predicted molar refractivity (Wildman–Crippen MR) is 112 cm³/mol. The SMILES string of the molecule is CCn1ncc(-c2ccc(C(=O)N(C)CCc3ccccn3)cc2)c1C.O=CO. The van der Waals surface area contributed by atoms with Crippen LogP contribution in [0.2, 0.25) is 0 Å². The highest BCUT2D eigenvalue weighted by Gasteiger charge is 2.13. The molecule has 152 valence electrons. The summed E-state index contributed by atoms with van der Waals surface area (Å²) in [5, 5.41) is 11.3. The fraction of sp³-hybridized carbons (Fsp3) is 0.273. The first-order valence-electron chi connectivity index (χ1n) is 9.37. The molecule has 29 heavy (non-hydrogen) atoms. The first-order chi connectivity index (χ1) is 14.0. The Hall–Kier alpha value is -3.48. The Bertz CT molecular complexity index is 921. The van der Waals surface area contributed by atoms with Crippen molar-refractivity contribution in [1.82, 2.24) is 19.7 Å². The van der Waals surface area contributed by atoms with Crippen LogP contribution < -0.4 is 0 Å². The van der Waals surface area contributed by atoms with Gasteiger partial charge in [0.25, 0.3) is 12.4 Å². The van der Waals surface area contributed by atoms with Crippen molar-refractivity contribution in [2.45, 2.75) is 26.8 Å². The molecule has 2 aromatic heterocycles. The van der Waals surface area contributed by atoms with Gasteiger partial charge < -0.3 is 10.0 Å². The van der Waals surface area contributed by atoms with E-state index in [9.17, 15) is 4.79 Å². The number of hydrogen-bond donors (Lipinski definition) is 1. The average Bonchev–Trinajstić information content (AvgIpc) is 3.13. The van der Waals surface area contributed by atoms with Crippen LogP contribution in [-0.4, -0.2) is 50.7 Å². The number of pyridine rings is 1. The van der Waals surface area contributed by atoms with Crippen molar-refractivity contribution in [2.24, 2.45) is 0 Å². The van der Waals surface area contributed by atoms with E-state index in [1.54, 1.807) is 11.1 Å². The van der Waals surface area contributed by atoms with Crippen LogP contribution in [0.25, 0.3) is 11.1 Å². The van der Waals surface area contributed by atoms with Gasteiger partial charge in [0.1, 0.15) is 0 Å². The van der Waals surface area contributed by atoms with Crippen molar-refractivity contribution >= 4 is 12.4 Å². The molecule has 0 aliphatic heterocycles. The lowest BCUT2D eigenvalue weighted by Gasteiger charge is -2.17. The molecule has 0 bridgehead atoms. The van der Waals surface area contributed by atoms with E-state index < -0.39 is 0 Å². The zero-order valence-corrected chi connectivity index (χ0v) is 16.9. The Labute approximate surface area is 170 Å². The van der Waals surface area contributed by atoms with Gasteiger partial charge >= 0.3 is 0 Å². The summed E-state index contributed by atoms with van der Waals surface area (Å²) in [5.41, 5.74) is 5.01. The van der Waals surface area contributed by atoms with E-state index in [1.165, 1.54) is 0 Å². The summed E-state index contributed by atoms with van der Waals surface area (Å²) < 4.78 is 1.97. The molecule has 1 amide bonds. The van der Waals surface area contributed by atoms with Crippen molar-refractivity contribution in [3.63, 3.8) is 0 Å². The predicted octanol–water partition coefficient (Wildman–Crippen LogP) is 3.29. The molecule has 1 aromatic carbocycles. The van der Waals surface area contributed by atoms with Crippen LogP contribution in [0.4, 0.5) is 0 Å². The van der Waals surface area contributed by atoms with E-state index in [-0.39, 0.29) is 12.4 Å². The molecule has 0 aliphatic carbocycles. The fourth-order valence-corrected chi connectivity index (χ4v) is 2.99. The summed E-state index contributed by atoms with van der Waals surface area (Å²) in [6, 6.07) is 13.6. The number of carbonyl (C=O) groups excluding carboxylic acids is 1. The highest BCUT2D eigenvalue weighted by Crippen LogP contribution is 2.23. The smallest absolute Gasteiger partial charge is 0.290 e. The molecule has 0 aliphatic rings. The number of rotatable bonds is 6. The average molecular weight is 394 g/mol. The monoisotopic (exact) mass is 394 g/mol. The number of aryl methyl sites for hydroxylation is 1. The third kappa shape index (κ3) is 5.75. The molecule has 2 heterocycles. The molecule has 0 fully saturated rings. The van der Waals surface area contributed by atoms with Crippen LogP contribution in [-0.2, 0) is 17.8 Å². The van der Waals surface area contributed by atoms with Crippen LogP contribution in [0.1, 0.15) is 28.7 Å². The number of nitrogens with zero attached hydrogens (tertiary/aromatic N) is 4. The molecule has 0 atom stereocenters. The van der Waals surface area contributed by atoms with Crippen LogP contribution in [0, 0.1) is 6.92 Å². The number of benzene rings is 1.